The van der Waals surface area contributed by atoms with Gasteiger partial charge in [-0.2, -0.15) is 0 Å². The Balaban J connectivity index is 1.56. The number of anilines is 1. The van der Waals surface area contributed by atoms with Crippen molar-refractivity contribution in [2.24, 2.45) is 0 Å². The number of carboxylic acid groups (broad SMARTS) is 1. The predicted molar refractivity (Wildman–Crippen MR) is 142 cm³/mol. The second-order valence-electron chi connectivity index (χ2n) is 9.96. The number of benzene rings is 2. The van der Waals surface area contributed by atoms with Gasteiger partial charge in [-0.3, -0.25) is 9.59 Å². The third kappa shape index (κ3) is 8.63. The van der Waals surface area contributed by atoms with E-state index < -0.39 is 5.97 Å². The van der Waals surface area contributed by atoms with E-state index in [1.807, 2.05) is 57.2 Å². The Morgan fingerprint density at radius 2 is 1.76 bits per heavy atom. The van der Waals surface area contributed by atoms with Crippen molar-refractivity contribution in [3.63, 3.8) is 0 Å². The third-order valence-electron chi connectivity index (χ3n) is 5.67. The van der Waals surface area contributed by atoms with E-state index in [1.54, 1.807) is 12.1 Å². The number of rotatable bonds is 13. The highest BCUT2D eigenvalue weighted by molar-refractivity contribution is 5.94. The zero-order valence-electron chi connectivity index (χ0n) is 21.9. The van der Waals surface area contributed by atoms with Crippen LogP contribution in [0.15, 0.2) is 52.9 Å². The van der Waals surface area contributed by atoms with Gasteiger partial charge < -0.3 is 24.9 Å². The molecule has 2 aromatic carbocycles. The molecule has 0 spiro atoms. The standard InChI is InChI=1S/C28H36N4O5/c1-5-6-7-22(30-21-12-8-19(9-13-21)25(35)29-17-16-24(33)34)18-36-23-14-10-20(11-15-23)26-31-32-27(37-26)28(2,3)4/h8-15,22,30H,5-7,16-18H2,1-4H3,(H,29,35)(H,33,34). The molecule has 1 atom stereocenters. The molecule has 9 heteroatoms. The average Bonchev–Trinajstić information content (AvgIpc) is 3.37. The topological polar surface area (TPSA) is 127 Å². The number of nitrogens with zero attached hydrogens (tertiary/aromatic N) is 2. The highest BCUT2D eigenvalue weighted by Gasteiger charge is 2.22. The largest absolute Gasteiger partial charge is 0.491 e. The lowest BCUT2D eigenvalue weighted by atomic mass is 9.97. The third-order valence-corrected chi connectivity index (χ3v) is 5.67. The van der Waals surface area contributed by atoms with Crippen LogP contribution in [-0.2, 0) is 10.2 Å². The lowest BCUT2D eigenvalue weighted by molar-refractivity contribution is -0.136. The van der Waals surface area contributed by atoms with Crippen molar-refractivity contribution in [1.29, 1.82) is 0 Å². The molecule has 1 heterocycles. The molecule has 0 fully saturated rings. The van der Waals surface area contributed by atoms with E-state index in [4.69, 9.17) is 14.3 Å². The summed E-state index contributed by atoms with van der Waals surface area (Å²) in [6.45, 7) is 8.81. The summed E-state index contributed by atoms with van der Waals surface area (Å²) in [5, 5.41) is 23.1. The van der Waals surface area contributed by atoms with Gasteiger partial charge in [-0.15, -0.1) is 10.2 Å². The summed E-state index contributed by atoms with van der Waals surface area (Å²) < 4.78 is 11.9. The highest BCUT2D eigenvalue weighted by Crippen LogP contribution is 2.26. The summed E-state index contributed by atoms with van der Waals surface area (Å²) >= 11 is 0. The van der Waals surface area contributed by atoms with Crippen molar-refractivity contribution in [2.45, 2.75) is 64.8 Å². The van der Waals surface area contributed by atoms with E-state index in [2.05, 4.69) is 27.8 Å². The molecule has 9 nitrogen and oxygen atoms in total. The van der Waals surface area contributed by atoms with Crippen molar-refractivity contribution in [1.82, 2.24) is 15.5 Å². The maximum Gasteiger partial charge on any atom is 0.305 e. The van der Waals surface area contributed by atoms with Gasteiger partial charge in [0.15, 0.2) is 0 Å². The SMILES string of the molecule is CCCCC(COc1ccc(-c2nnc(C(C)(C)C)o2)cc1)Nc1ccc(C(=O)NCCC(=O)O)cc1. The molecule has 3 aromatic rings. The molecular formula is C28H36N4O5. The molecule has 0 aliphatic carbocycles. The van der Waals surface area contributed by atoms with Crippen LogP contribution in [0.3, 0.4) is 0 Å². The number of hydrogen-bond donors (Lipinski definition) is 3. The maximum atomic E-state index is 12.2. The summed E-state index contributed by atoms with van der Waals surface area (Å²) in [4.78, 5) is 22.8. The first-order chi connectivity index (χ1) is 17.7. The van der Waals surface area contributed by atoms with E-state index in [-0.39, 0.29) is 30.3 Å². The zero-order chi connectivity index (χ0) is 26.8. The van der Waals surface area contributed by atoms with Gasteiger partial charge in [0.1, 0.15) is 12.4 Å². The van der Waals surface area contributed by atoms with Gasteiger partial charge in [0, 0.05) is 28.8 Å². The predicted octanol–water partition coefficient (Wildman–Crippen LogP) is 5.29. The van der Waals surface area contributed by atoms with Crippen LogP contribution in [0.2, 0.25) is 0 Å². The van der Waals surface area contributed by atoms with E-state index in [0.29, 0.717) is 24.0 Å². The van der Waals surface area contributed by atoms with Gasteiger partial charge in [-0.05, 0) is 55.0 Å². The minimum atomic E-state index is -0.947. The summed E-state index contributed by atoms with van der Waals surface area (Å²) in [7, 11) is 0. The molecule has 1 unspecified atom stereocenters. The summed E-state index contributed by atoms with van der Waals surface area (Å²) in [6, 6.07) is 14.8. The van der Waals surface area contributed by atoms with Gasteiger partial charge in [-0.25, -0.2) is 0 Å². The summed E-state index contributed by atoms with van der Waals surface area (Å²) in [6.07, 6.45) is 2.95. The van der Waals surface area contributed by atoms with Crippen molar-refractivity contribution >= 4 is 17.6 Å². The molecule has 0 radical (unpaired) electrons. The molecule has 0 saturated carbocycles. The van der Waals surface area contributed by atoms with Crippen LogP contribution < -0.4 is 15.4 Å². The molecule has 198 valence electrons. The van der Waals surface area contributed by atoms with Crippen molar-refractivity contribution in [3.8, 4) is 17.2 Å². The number of amides is 1. The second kappa shape index (κ2) is 12.9. The Morgan fingerprint density at radius 1 is 1.05 bits per heavy atom. The molecular weight excluding hydrogens is 472 g/mol. The monoisotopic (exact) mass is 508 g/mol. The molecule has 3 rings (SSSR count). The fourth-order valence-corrected chi connectivity index (χ4v) is 3.52. The number of carbonyl (C=O) groups excluding carboxylic acids is 1. The molecule has 1 aromatic heterocycles. The lowest BCUT2D eigenvalue weighted by Gasteiger charge is -2.20. The fourth-order valence-electron chi connectivity index (χ4n) is 3.52. The van der Waals surface area contributed by atoms with Gasteiger partial charge >= 0.3 is 5.97 Å². The van der Waals surface area contributed by atoms with Crippen LogP contribution in [0.1, 0.15) is 69.6 Å². The Labute approximate surface area is 217 Å². The Kier molecular flexibility index (Phi) is 9.65. The van der Waals surface area contributed by atoms with Crippen LogP contribution >= 0.6 is 0 Å². The quantitative estimate of drug-likeness (QED) is 0.284. The Morgan fingerprint density at radius 3 is 2.35 bits per heavy atom. The van der Waals surface area contributed by atoms with Gasteiger partial charge in [0.05, 0.1) is 12.5 Å². The summed E-state index contributed by atoms with van der Waals surface area (Å²) in [5.74, 6) is 0.586. The minimum Gasteiger partial charge on any atom is -0.491 e. The van der Waals surface area contributed by atoms with E-state index in [0.717, 1.165) is 36.3 Å². The molecule has 0 aliphatic heterocycles. The number of aromatic nitrogens is 2. The highest BCUT2D eigenvalue weighted by atomic mass is 16.5. The molecule has 37 heavy (non-hydrogen) atoms. The number of carboxylic acids is 1. The number of nitrogens with one attached hydrogen (secondary N) is 2. The first-order valence-electron chi connectivity index (χ1n) is 12.6. The first-order valence-corrected chi connectivity index (χ1v) is 12.6. The number of unbranched alkanes of at least 4 members (excludes halogenated alkanes) is 1. The van der Waals surface area contributed by atoms with Crippen LogP contribution in [-0.4, -0.2) is 46.4 Å². The smallest absolute Gasteiger partial charge is 0.305 e. The molecule has 0 bridgehead atoms. The molecule has 0 aliphatic rings. The number of ether oxygens (including phenoxy) is 1. The molecule has 3 N–H and O–H groups in total. The van der Waals surface area contributed by atoms with Crippen LogP contribution in [0.5, 0.6) is 5.75 Å². The number of aliphatic carboxylic acids is 1. The van der Waals surface area contributed by atoms with Crippen LogP contribution in [0.25, 0.3) is 11.5 Å². The lowest BCUT2D eigenvalue weighted by Crippen LogP contribution is -2.27. The minimum absolute atomic E-state index is 0.0835. The van der Waals surface area contributed by atoms with Gasteiger partial charge in [-0.1, -0.05) is 40.5 Å². The van der Waals surface area contributed by atoms with E-state index >= 15 is 0 Å². The second-order valence-corrected chi connectivity index (χ2v) is 9.96. The van der Waals surface area contributed by atoms with Crippen molar-refractivity contribution < 1.29 is 23.8 Å². The zero-order valence-corrected chi connectivity index (χ0v) is 21.9. The van der Waals surface area contributed by atoms with Gasteiger partial charge in [0.2, 0.25) is 11.8 Å². The normalized spacial score (nSPS) is 12.1. The van der Waals surface area contributed by atoms with Crippen LogP contribution in [0.4, 0.5) is 5.69 Å². The average molecular weight is 509 g/mol. The summed E-state index contributed by atoms with van der Waals surface area (Å²) in [5.41, 5.74) is 1.99. The Hall–Kier alpha value is -3.88. The van der Waals surface area contributed by atoms with Crippen molar-refractivity contribution in [2.75, 3.05) is 18.5 Å². The molecule has 1 amide bonds. The van der Waals surface area contributed by atoms with Crippen LogP contribution in [0, 0.1) is 0 Å². The maximum absolute atomic E-state index is 12.2. The molecule has 0 saturated heterocycles. The van der Waals surface area contributed by atoms with E-state index in [1.165, 1.54) is 0 Å². The fraction of sp³-hybridized carbons (Fsp3) is 0.429. The Bertz CT molecular complexity index is 1150. The number of carbonyl (C=O) groups is 2. The van der Waals surface area contributed by atoms with Gasteiger partial charge in [0.25, 0.3) is 5.91 Å². The first kappa shape index (κ1) is 27.7. The number of hydrogen-bond acceptors (Lipinski definition) is 7. The van der Waals surface area contributed by atoms with Crippen molar-refractivity contribution in [3.05, 3.63) is 60.0 Å². The van der Waals surface area contributed by atoms with E-state index in [9.17, 15) is 9.59 Å².